The number of hydrogen-bond acceptors (Lipinski definition) is 3. The average Bonchev–Trinajstić information content (AvgIpc) is 2.68. The van der Waals surface area contributed by atoms with Crippen LogP contribution in [0.15, 0.2) is 30.3 Å². The van der Waals surface area contributed by atoms with Crippen molar-refractivity contribution in [3.05, 3.63) is 35.9 Å². The van der Waals surface area contributed by atoms with Gasteiger partial charge in [0.05, 0.1) is 0 Å². The van der Waals surface area contributed by atoms with Gasteiger partial charge in [0.1, 0.15) is 0 Å². The summed E-state index contributed by atoms with van der Waals surface area (Å²) in [5, 5.41) is 2.81. The first-order chi connectivity index (χ1) is 9.70. The fourth-order valence-electron chi connectivity index (χ4n) is 2.48. The molecule has 108 valence electrons. The van der Waals surface area contributed by atoms with Crippen LogP contribution in [0.4, 0.5) is 0 Å². The van der Waals surface area contributed by atoms with Gasteiger partial charge in [0.15, 0.2) is 0 Å². The predicted octanol–water partition coefficient (Wildman–Crippen LogP) is 2.33. The zero-order chi connectivity index (χ0) is 14.4. The maximum atomic E-state index is 12.8. The second-order valence-corrected chi connectivity index (χ2v) is 5.08. The molecule has 1 aliphatic rings. The van der Waals surface area contributed by atoms with Crippen LogP contribution >= 0.6 is 0 Å². The van der Waals surface area contributed by atoms with Crippen molar-refractivity contribution < 1.29 is 14.3 Å². The molecule has 1 saturated heterocycles. The first-order valence-corrected chi connectivity index (χ1v) is 7.23. The molecule has 4 nitrogen and oxygen atoms in total. The first kappa shape index (κ1) is 14.7. The molecule has 0 spiro atoms. The van der Waals surface area contributed by atoms with Gasteiger partial charge in [-0.2, -0.15) is 0 Å². The van der Waals surface area contributed by atoms with E-state index < -0.39 is 5.60 Å². The lowest BCUT2D eigenvalue weighted by Gasteiger charge is -2.29. The van der Waals surface area contributed by atoms with E-state index in [-0.39, 0.29) is 11.7 Å². The molecular weight excluding hydrogens is 254 g/mol. The van der Waals surface area contributed by atoms with Crippen LogP contribution in [-0.2, 0) is 9.53 Å². The van der Waals surface area contributed by atoms with Crippen molar-refractivity contribution in [1.82, 2.24) is 5.32 Å². The molecule has 1 aromatic carbocycles. The standard InChI is InChI=1S/C16H21NO3/c1-2-12-20-16(10-6-7-11-17-15(16)19)14(18)13-8-4-3-5-9-13/h3-5,8-9H,2,6-7,10-12H2,1H3,(H,17,19). The number of ether oxygens (including phenoxy) is 1. The number of amides is 1. The summed E-state index contributed by atoms with van der Waals surface area (Å²) in [5.74, 6) is -0.525. The third-order valence-corrected chi connectivity index (χ3v) is 3.56. The van der Waals surface area contributed by atoms with Crippen molar-refractivity contribution in [3.63, 3.8) is 0 Å². The first-order valence-electron chi connectivity index (χ1n) is 7.23. The third-order valence-electron chi connectivity index (χ3n) is 3.56. The maximum absolute atomic E-state index is 12.8. The van der Waals surface area contributed by atoms with Gasteiger partial charge in [0.25, 0.3) is 5.91 Å². The van der Waals surface area contributed by atoms with Gasteiger partial charge in [-0.1, -0.05) is 37.3 Å². The Kier molecular flexibility index (Phi) is 4.90. The summed E-state index contributed by atoms with van der Waals surface area (Å²) >= 11 is 0. The Balaban J connectivity index is 2.34. The summed E-state index contributed by atoms with van der Waals surface area (Å²) in [4.78, 5) is 25.2. The lowest BCUT2D eigenvalue weighted by atomic mass is 9.87. The lowest BCUT2D eigenvalue weighted by molar-refractivity contribution is -0.140. The molecule has 1 heterocycles. The maximum Gasteiger partial charge on any atom is 0.260 e. The number of benzene rings is 1. The Morgan fingerprint density at radius 1 is 1.30 bits per heavy atom. The van der Waals surface area contributed by atoms with Crippen LogP contribution < -0.4 is 5.32 Å². The molecule has 1 amide bonds. The van der Waals surface area contributed by atoms with Gasteiger partial charge in [-0.25, -0.2) is 0 Å². The number of nitrogens with one attached hydrogen (secondary N) is 1. The molecule has 0 radical (unpaired) electrons. The van der Waals surface area contributed by atoms with E-state index in [1.807, 2.05) is 13.0 Å². The number of carbonyl (C=O) groups excluding carboxylic acids is 2. The van der Waals surface area contributed by atoms with Crippen molar-refractivity contribution in [2.75, 3.05) is 13.2 Å². The van der Waals surface area contributed by atoms with Crippen molar-refractivity contribution in [1.29, 1.82) is 0 Å². The Hall–Kier alpha value is -1.68. The highest BCUT2D eigenvalue weighted by Gasteiger charge is 2.47. The minimum atomic E-state index is -1.35. The Labute approximate surface area is 119 Å². The van der Waals surface area contributed by atoms with Crippen LogP contribution in [-0.4, -0.2) is 30.4 Å². The SMILES string of the molecule is CCCOC1(C(=O)c2ccccc2)CCCCNC1=O. The summed E-state index contributed by atoms with van der Waals surface area (Å²) in [5.41, 5.74) is -0.825. The molecule has 1 unspecified atom stereocenters. The van der Waals surface area contributed by atoms with E-state index in [0.29, 0.717) is 25.1 Å². The van der Waals surface area contributed by atoms with Gasteiger partial charge >= 0.3 is 0 Å². The van der Waals surface area contributed by atoms with Gasteiger partial charge in [-0.05, 0) is 25.7 Å². The highest BCUT2D eigenvalue weighted by Crippen LogP contribution is 2.27. The minimum Gasteiger partial charge on any atom is -0.357 e. The van der Waals surface area contributed by atoms with E-state index in [9.17, 15) is 9.59 Å². The quantitative estimate of drug-likeness (QED) is 0.663. The summed E-state index contributed by atoms with van der Waals surface area (Å²) in [6.45, 7) is 2.99. The minimum absolute atomic E-state index is 0.231. The second-order valence-electron chi connectivity index (χ2n) is 5.08. The molecule has 0 aromatic heterocycles. The molecule has 2 rings (SSSR count). The summed E-state index contributed by atoms with van der Waals surface area (Å²) in [6, 6.07) is 8.92. The van der Waals surface area contributed by atoms with Crippen LogP contribution in [0.1, 0.15) is 43.0 Å². The van der Waals surface area contributed by atoms with Gasteiger partial charge < -0.3 is 10.1 Å². The van der Waals surface area contributed by atoms with Gasteiger partial charge in [0, 0.05) is 18.7 Å². The normalized spacial score (nSPS) is 22.9. The molecule has 0 saturated carbocycles. The zero-order valence-corrected chi connectivity index (χ0v) is 11.9. The molecule has 4 heteroatoms. The fraction of sp³-hybridized carbons (Fsp3) is 0.500. The molecule has 20 heavy (non-hydrogen) atoms. The topological polar surface area (TPSA) is 55.4 Å². The molecule has 1 aromatic rings. The van der Waals surface area contributed by atoms with E-state index in [1.165, 1.54) is 0 Å². The number of hydrogen-bond donors (Lipinski definition) is 1. The number of Topliss-reactive ketones (excluding diaryl/α,β-unsaturated/α-hetero) is 1. The summed E-state index contributed by atoms with van der Waals surface area (Å²) in [7, 11) is 0. The number of rotatable bonds is 5. The Morgan fingerprint density at radius 2 is 2.05 bits per heavy atom. The smallest absolute Gasteiger partial charge is 0.260 e. The Morgan fingerprint density at radius 3 is 2.75 bits per heavy atom. The third kappa shape index (κ3) is 2.90. The van der Waals surface area contributed by atoms with Gasteiger partial charge in [0.2, 0.25) is 11.4 Å². The van der Waals surface area contributed by atoms with E-state index in [4.69, 9.17) is 4.74 Å². The van der Waals surface area contributed by atoms with E-state index in [2.05, 4.69) is 5.32 Å². The van der Waals surface area contributed by atoms with Crippen LogP contribution in [0.3, 0.4) is 0 Å². The van der Waals surface area contributed by atoms with Crippen LogP contribution in [0.5, 0.6) is 0 Å². The van der Waals surface area contributed by atoms with Gasteiger partial charge in [-0.3, -0.25) is 9.59 Å². The second kappa shape index (κ2) is 6.66. The van der Waals surface area contributed by atoms with Crippen LogP contribution in [0, 0.1) is 0 Å². The summed E-state index contributed by atoms with van der Waals surface area (Å²) in [6.07, 6.45) is 2.91. The average molecular weight is 275 g/mol. The largest absolute Gasteiger partial charge is 0.357 e. The van der Waals surface area contributed by atoms with Crippen molar-refractivity contribution in [3.8, 4) is 0 Å². The molecular formula is C16H21NO3. The molecule has 1 atom stereocenters. The van der Waals surface area contributed by atoms with Crippen LogP contribution in [0.2, 0.25) is 0 Å². The summed E-state index contributed by atoms with van der Waals surface area (Å²) < 4.78 is 5.77. The van der Waals surface area contributed by atoms with Crippen LogP contribution in [0.25, 0.3) is 0 Å². The zero-order valence-electron chi connectivity index (χ0n) is 11.9. The highest BCUT2D eigenvalue weighted by atomic mass is 16.5. The van der Waals surface area contributed by atoms with Crippen molar-refractivity contribution in [2.24, 2.45) is 0 Å². The molecule has 1 N–H and O–H groups in total. The predicted molar refractivity (Wildman–Crippen MR) is 76.6 cm³/mol. The molecule has 0 aliphatic carbocycles. The van der Waals surface area contributed by atoms with E-state index >= 15 is 0 Å². The van der Waals surface area contributed by atoms with Gasteiger partial charge in [-0.15, -0.1) is 0 Å². The number of carbonyl (C=O) groups is 2. The molecule has 0 bridgehead atoms. The monoisotopic (exact) mass is 275 g/mol. The molecule has 1 fully saturated rings. The highest BCUT2D eigenvalue weighted by molar-refractivity contribution is 6.17. The fourth-order valence-corrected chi connectivity index (χ4v) is 2.48. The Bertz CT molecular complexity index is 472. The lowest BCUT2D eigenvalue weighted by Crippen LogP contribution is -2.53. The number of ketones is 1. The van der Waals surface area contributed by atoms with Crippen molar-refractivity contribution >= 4 is 11.7 Å². The van der Waals surface area contributed by atoms with E-state index in [1.54, 1.807) is 24.3 Å². The van der Waals surface area contributed by atoms with E-state index in [0.717, 1.165) is 19.3 Å². The molecule has 1 aliphatic heterocycles. The van der Waals surface area contributed by atoms with Crippen molar-refractivity contribution in [2.45, 2.75) is 38.2 Å².